The second-order valence-electron chi connectivity index (χ2n) is 4.78. The number of rotatable bonds is 8. The lowest BCUT2D eigenvalue weighted by atomic mass is 10.1. The highest BCUT2D eigenvalue weighted by atomic mass is 16.5. The number of aryl methyl sites for hydroxylation is 2. The number of ether oxygens (including phenoxy) is 2. The molecule has 0 saturated heterocycles. The fourth-order valence-corrected chi connectivity index (χ4v) is 1.92. The van der Waals surface area contributed by atoms with E-state index in [2.05, 4.69) is 28.5 Å². The predicted octanol–water partition coefficient (Wildman–Crippen LogP) is 2.00. The first-order valence-corrected chi connectivity index (χ1v) is 6.90. The van der Waals surface area contributed by atoms with Gasteiger partial charge in [0.15, 0.2) is 6.61 Å². The number of aromatic nitrogens is 2. The zero-order chi connectivity index (χ0) is 15.1. The van der Waals surface area contributed by atoms with E-state index >= 15 is 0 Å². The van der Waals surface area contributed by atoms with E-state index in [0.717, 1.165) is 24.4 Å². The van der Waals surface area contributed by atoms with E-state index in [9.17, 15) is 0 Å². The summed E-state index contributed by atoms with van der Waals surface area (Å²) in [6, 6.07) is 6.09. The average molecular weight is 291 g/mol. The van der Waals surface area contributed by atoms with Crippen LogP contribution < -0.4 is 10.1 Å². The van der Waals surface area contributed by atoms with E-state index in [-0.39, 0.29) is 6.61 Å². The smallest absolute Gasteiger partial charge is 0.253 e. The molecule has 21 heavy (non-hydrogen) atoms. The molecule has 0 aliphatic carbocycles. The molecule has 0 saturated carbocycles. The Morgan fingerprint density at radius 3 is 2.81 bits per heavy atom. The number of hydrogen-bond donors (Lipinski definition) is 1. The van der Waals surface area contributed by atoms with Gasteiger partial charge in [-0.25, -0.2) is 0 Å². The van der Waals surface area contributed by atoms with Crippen LogP contribution in [-0.4, -0.2) is 30.5 Å². The Balaban J connectivity index is 1.97. The average Bonchev–Trinajstić information content (AvgIpc) is 2.88. The molecule has 0 spiro atoms. The Bertz CT molecular complexity index is 569. The van der Waals surface area contributed by atoms with Gasteiger partial charge in [-0.2, -0.15) is 0 Å². The molecule has 0 bridgehead atoms. The predicted molar refractivity (Wildman–Crippen MR) is 78.1 cm³/mol. The van der Waals surface area contributed by atoms with Crippen LogP contribution in [0.3, 0.4) is 0 Å². The third-order valence-electron chi connectivity index (χ3n) is 2.93. The summed E-state index contributed by atoms with van der Waals surface area (Å²) >= 11 is 0. The van der Waals surface area contributed by atoms with Crippen LogP contribution in [-0.2, 0) is 17.9 Å². The fraction of sp³-hybridized carbons (Fsp3) is 0.467. The summed E-state index contributed by atoms with van der Waals surface area (Å²) in [6.07, 6.45) is 0. The van der Waals surface area contributed by atoms with Crippen LogP contribution in [0.25, 0.3) is 0 Å². The number of methoxy groups -OCH3 is 1. The highest BCUT2D eigenvalue weighted by Crippen LogP contribution is 2.21. The van der Waals surface area contributed by atoms with Crippen molar-refractivity contribution < 1.29 is 13.9 Å². The van der Waals surface area contributed by atoms with Gasteiger partial charge >= 0.3 is 0 Å². The van der Waals surface area contributed by atoms with Gasteiger partial charge in [-0.05, 0) is 13.0 Å². The largest absolute Gasteiger partial charge is 0.483 e. The first kappa shape index (κ1) is 15.5. The van der Waals surface area contributed by atoms with Crippen LogP contribution in [0.1, 0.15) is 22.9 Å². The molecule has 6 nitrogen and oxygen atoms in total. The Labute approximate surface area is 124 Å². The van der Waals surface area contributed by atoms with Crippen molar-refractivity contribution in [2.45, 2.75) is 27.0 Å². The monoisotopic (exact) mass is 291 g/mol. The van der Waals surface area contributed by atoms with Crippen LogP contribution in [0.4, 0.5) is 0 Å². The zero-order valence-corrected chi connectivity index (χ0v) is 12.7. The molecule has 0 amide bonds. The standard InChI is InChI=1S/C15H21N3O3/c1-11-4-5-14(13(8-11)9-16-6-7-19-3)20-10-15-18-17-12(2)21-15/h4-5,8,16H,6-7,9-10H2,1-3H3. The van der Waals surface area contributed by atoms with E-state index < -0.39 is 0 Å². The molecule has 0 aliphatic heterocycles. The summed E-state index contributed by atoms with van der Waals surface area (Å²) in [5.41, 5.74) is 2.29. The molecule has 0 fully saturated rings. The Morgan fingerprint density at radius 2 is 2.10 bits per heavy atom. The summed E-state index contributed by atoms with van der Waals surface area (Å²) in [6.45, 7) is 6.30. The van der Waals surface area contributed by atoms with Crippen LogP contribution in [0.2, 0.25) is 0 Å². The molecule has 1 N–H and O–H groups in total. The topological polar surface area (TPSA) is 69.4 Å². The fourth-order valence-electron chi connectivity index (χ4n) is 1.92. The van der Waals surface area contributed by atoms with E-state index in [1.807, 2.05) is 12.1 Å². The second-order valence-corrected chi connectivity index (χ2v) is 4.78. The lowest BCUT2D eigenvalue weighted by molar-refractivity contribution is 0.199. The summed E-state index contributed by atoms with van der Waals surface area (Å²) < 4.78 is 16.1. The quantitative estimate of drug-likeness (QED) is 0.750. The highest BCUT2D eigenvalue weighted by molar-refractivity contribution is 5.36. The van der Waals surface area contributed by atoms with Crippen molar-refractivity contribution in [1.82, 2.24) is 15.5 Å². The molecule has 1 aromatic heterocycles. The lowest BCUT2D eigenvalue weighted by Crippen LogP contribution is -2.19. The first-order chi connectivity index (χ1) is 10.2. The van der Waals surface area contributed by atoms with Gasteiger partial charge in [0.25, 0.3) is 5.89 Å². The third-order valence-corrected chi connectivity index (χ3v) is 2.93. The zero-order valence-electron chi connectivity index (χ0n) is 12.7. The molecule has 0 unspecified atom stereocenters. The maximum Gasteiger partial charge on any atom is 0.253 e. The Morgan fingerprint density at radius 1 is 1.24 bits per heavy atom. The molecule has 6 heteroatoms. The highest BCUT2D eigenvalue weighted by Gasteiger charge is 2.07. The molecule has 2 aromatic rings. The SMILES string of the molecule is COCCNCc1cc(C)ccc1OCc1nnc(C)o1. The maximum absolute atomic E-state index is 5.78. The van der Waals surface area contributed by atoms with E-state index in [1.165, 1.54) is 5.56 Å². The molecule has 114 valence electrons. The minimum absolute atomic E-state index is 0.273. The van der Waals surface area contributed by atoms with Crippen LogP contribution in [0, 0.1) is 13.8 Å². The van der Waals surface area contributed by atoms with E-state index in [0.29, 0.717) is 18.4 Å². The summed E-state index contributed by atoms with van der Waals surface area (Å²) in [5.74, 6) is 1.84. The van der Waals surface area contributed by atoms with Crippen molar-refractivity contribution in [3.8, 4) is 5.75 Å². The Kier molecular flexibility index (Phi) is 5.71. The van der Waals surface area contributed by atoms with Gasteiger partial charge < -0.3 is 19.2 Å². The number of hydrogen-bond acceptors (Lipinski definition) is 6. The van der Waals surface area contributed by atoms with Gasteiger partial charge in [0.1, 0.15) is 5.75 Å². The van der Waals surface area contributed by atoms with Gasteiger partial charge in [-0.3, -0.25) is 0 Å². The number of nitrogens with one attached hydrogen (secondary N) is 1. The molecular weight excluding hydrogens is 270 g/mol. The van der Waals surface area contributed by atoms with Gasteiger partial charge in [0, 0.05) is 32.7 Å². The van der Waals surface area contributed by atoms with Crippen LogP contribution in [0.5, 0.6) is 5.75 Å². The van der Waals surface area contributed by atoms with Crippen LogP contribution >= 0.6 is 0 Å². The minimum atomic E-state index is 0.273. The summed E-state index contributed by atoms with van der Waals surface area (Å²) in [7, 11) is 1.69. The van der Waals surface area contributed by atoms with Gasteiger partial charge in [0.05, 0.1) is 6.61 Å². The molecule has 0 radical (unpaired) electrons. The van der Waals surface area contributed by atoms with Gasteiger partial charge in [0.2, 0.25) is 5.89 Å². The van der Waals surface area contributed by atoms with Crippen molar-refractivity contribution in [3.63, 3.8) is 0 Å². The number of benzene rings is 1. The third kappa shape index (κ3) is 4.84. The second kappa shape index (κ2) is 7.75. The van der Waals surface area contributed by atoms with Crippen molar-refractivity contribution >= 4 is 0 Å². The van der Waals surface area contributed by atoms with Crippen molar-refractivity contribution in [1.29, 1.82) is 0 Å². The molecule has 1 heterocycles. The lowest BCUT2D eigenvalue weighted by Gasteiger charge is -2.12. The number of nitrogens with zero attached hydrogens (tertiary/aromatic N) is 2. The normalized spacial score (nSPS) is 10.8. The van der Waals surface area contributed by atoms with E-state index in [4.69, 9.17) is 13.9 Å². The van der Waals surface area contributed by atoms with Gasteiger partial charge in [-0.15, -0.1) is 10.2 Å². The first-order valence-electron chi connectivity index (χ1n) is 6.90. The minimum Gasteiger partial charge on any atom is -0.483 e. The summed E-state index contributed by atoms with van der Waals surface area (Å²) in [4.78, 5) is 0. The van der Waals surface area contributed by atoms with Crippen molar-refractivity contribution in [2.75, 3.05) is 20.3 Å². The van der Waals surface area contributed by atoms with Crippen molar-refractivity contribution in [3.05, 3.63) is 41.1 Å². The molecule has 0 aliphatic rings. The van der Waals surface area contributed by atoms with E-state index in [1.54, 1.807) is 14.0 Å². The molecular formula is C15H21N3O3. The molecule has 2 rings (SSSR count). The molecule has 0 atom stereocenters. The maximum atomic E-state index is 5.78. The van der Waals surface area contributed by atoms with Gasteiger partial charge in [-0.1, -0.05) is 17.7 Å². The molecule has 1 aromatic carbocycles. The Hall–Kier alpha value is -1.92. The van der Waals surface area contributed by atoms with Crippen LogP contribution in [0.15, 0.2) is 22.6 Å². The van der Waals surface area contributed by atoms with Crippen molar-refractivity contribution in [2.24, 2.45) is 0 Å². The summed E-state index contributed by atoms with van der Waals surface area (Å²) in [5, 5.41) is 11.0.